The lowest BCUT2D eigenvalue weighted by atomic mass is 10.1. The number of ether oxygens (including phenoxy) is 1. The van der Waals surface area contributed by atoms with E-state index in [2.05, 4.69) is 18.3 Å². The minimum absolute atomic E-state index is 0.0787. The van der Waals surface area contributed by atoms with Crippen LogP contribution in [-0.2, 0) is 6.54 Å². The second-order valence-electron chi connectivity index (χ2n) is 6.27. The third kappa shape index (κ3) is 3.48. The fraction of sp³-hybridized carbons (Fsp3) is 0.389. The van der Waals surface area contributed by atoms with Gasteiger partial charge < -0.3 is 20.1 Å². The summed E-state index contributed by atoms with van der Waals surface area (Å²) >= 11 is 1.68. The summed E-state index contributed by atoms with van der Waals surface area (Å²) in [4.78, 5) is 16.3. The van der Waals surface area contributed by atoms with Crippen LogP contribution in [0.15, 0.2) is 24.3 Å². The van der Waals surface area contributed by atoms with E-state index in [9.17, 15) is 9.90 Å². The Labute approximate surface area is 145 Å². The van der Waals surface area contributed by atoms with Crippen LogP contribution in [-0.4, -0.2) is 35.2 Å². The standard InChI is InChI=1S/C18H22N2O3S/c1-11(2)19-18(22)20-6-7-23-17-14(10-20)8-13(9-15(17)21)16-5-4-12(3)24-16/h4-5,8-9,11,21H,6-7,10H2,1-3H3,(H,19,22). The quantitative estimate of drug-likeness (QED) is 0.871. The molecule has 2 amide bonds. The number of nitrogens with zero attached hydrogens (tertiary/aromatic N) is 1. The van der Waals surface area contributed by atoms with Gasteiger partial charge in [-0.05, 0) is 50.6 Å². The fourth-order valence-corrected chi connectivity index (χ4v) is 3.60. The average molecular weight is 346 g/mol. The van der Waals surface area contributed by atoms with Gasteiger partial charge in [0.15, 0.2) is 11.5 Å². The van der Waals surface area contributed by atoms with Gasteiger partial charge in [0.2, 0.25) is 0 Å². The van der Waals surface area contributed by atoms with Crippen LogP contribution in [0.4, 0.5) is 4.79 Å². The lowest BCUT2D eigenvalue weighted by Crippen LogP contribution is -2.43. The summed E-state index contributed by atoms with van der Waals surface area (Å²) in [5.74, 6) is 0.603. The molecule has 1 aromatic carbocycles. The van der Waals surface area contributed by atoms with Crippen molar-refractivity contribution in [1.82, 2.24) is 10.2 Å². The van der Waals surface area contributed by atoms with Crippen LogP contribution in [0.2, 0.25) is 0 Å². The Morgan fingerprint density at radius 3 is 2.83 bits per heavy atom. The molecule has 6 heteroatoms. The van der Waals surface area contributed by atoms with Crippen molar-refractivity contribution in [3.8, 4) is 21.9 Å². The molecule has 1 aliphatic heterocycles. The Hall–Kier alpha value is -2.21. The number of amides is 2. The van der Waals surface area contributed by atoms with Gasteiger partial charge in [-0.1, -0.05) is 0 Å². The second kappa shape index (κ2) is 6.73. The predicted molar refractivity (Wildman–Crippen MR) is 95.7 cm³/mol. The topological polar surface area (TPSA) is 61.8 Å². The Bertz CT molecular complexity index is 755. The molecule has 2 aromatic rings. The first-order valence-electron chi connectivity index (χ1n) is 8.05. The Balaban J connectivity index is 1.93. The zero-order chi connectivity index (χ0) is 17.3. The van der Waals surface area contributed by atoms with E-state index in [1.807, 2.05) is 26.0 Å². The highest BCUT2D eigenvalue weighted by Gasteiger charge is 2.23. The first-order chi connectivity index (χ1) is 11.4. The molecule has 128 valence electrons. The molecule has 0 fully saturated rings. The van der Waals surface area contributed by atoms with E-state index in [1.165, 1.54) is 4.88 Å². The molecular weight excluding hydrogens is 324 g/mol. The van der Waals surface area contributed by atoms with Crippen molar-refractivity contribution in [3.05, 3.63) is 34.7 Å². The second-order valence-corrected chi connectivity index (χ2v) is 7.56. The van der Waals surface area contributed by atoms with Crippen molar-refractivity contribution < 1.29 is 14.6 Å². The summed E-state index contributed by atoms with van der Waals surface area (Å²) in [6.07, 6.45) is 0. The van der Waals surface area contributed by atoms with Crippen LogP contribution in [0.1, 0.15) is 24.3 Å². The summed E-state index contributed by atoms with van der Waals surface area (Å²) in [5.41, 5.74) is 1.77. The van der Waals surface area contributed by atoms with Gasteiger partial charge in [0.25, 0.3) is 0 Å². The third-order valence-corrected chi connectivity index (χ3v) is 4.89. The lowest BCUT2D eigenvalue weighted by Gasteiger charge is -2.22. The molecule has 1 aromatic heterocycles. The van der Waals surface area contributed by atoms with Gasteiger partial charge in [-0.2, -0.15) is 0 Å². The van der Waals surface area contributed by atoms with Gasteiger partial charge in [-0.15, -0.1) is 11.3 Å². The number of aryl methyl sites for hydroxylation is 1. The molecular formula is C18H22N2O3S. The van der Waals surface area contributed by atoms with Crippen LogP contribution >= 0.6 is 11.3 Å². The largest absolute Gasteiger partial charge is 0.504 e. The zero-order valence-electron chi connectivity index (χ0n) is 14.1. The average Bonchev–Trinajstić information content (AvgIpc) is 2.81. The Morgan fingerprint density at radius 2 is 2.17 bits per heavy atom. The molecule has 0 saturated heterocycles. The number of hydrogen-bond donors (Lipinski definition) is 2. The number of fused-ring (bicyclic) bond motifs is 1. The molecule has 2 N–H and O–H groups in total. The summed E-state index contributed by atoms with van der Waals surface area (Å²) < 4.78 is 5.69. The van der Waals surface area contributed by atoms with Gasteiger partial charge in [0, 0.05) is 21.4 Å². The maximum atomic E-state index is 12.3. The van der Waals surface area contributed by atoms with E-state index in [0.29, 0.717) is 25.4 Å². The number of carbonyl (C=O) groups is 1. The number of nitrogens with one attached hydrogen (secondary N) is 1. The lowest BCUT2D eigenvalue weighted by molar-refractivity contribution is 0.185. The summed E-state index contributed by atoms with van der Waals surface area (Å²) in [5, 5.41) is 13.3. The monoisotopic (exact) mass is 346 g/mol. The number of phenols is 1. The maximum Gasteiger partial charge on any atom is 0.318 e. The normalized spacial score (nSPS) is 14.1. The highest BCUT2D eigenvalue weighted by Crippen LogP contribution is 2.39. The number of rotatable bonds is 2. The minimum atomic E-state index is -0.113. The van der Waals surface area contributed by atoms with Gasteiger partial charge in [-0.3, -0.25) is 0 Å². The molecule has 24 heavy (non-hydrogen) atoms. The molecule has 1 aliphatic rings. The maximum absolute atomic E-state index is 12.3. The van der Waals surface area contributed by atoms with Crippen molar-refractivity contribution in [2.45, 2.75) is 33.4 Å². The fourth-order valence-electron chi connectivity index (χ4n) is 2.74. The van der Waals surface area contributed by atoms with E-state index >= 15 is 0 Å². The number of aromatic hydroxyl groups is 1. The van der Waals surface area contributed by atoms with Crippen molar-refractivity contribution in [2.75, 3.05) is 13.2 Å². The molecule has 0 bridgehead atoms. The molecule has 0 spiro atoms. The highest BCUT2D eigenvalue weighted by molar-refractivity contribution is 7.15. The Morgan fingerprint density at radius 1 is 1.38 bits per heavy atom. The summed E-state index contributed by atoms with van der Waals surface area (Å²) in [6.45, 7) is 7.19. The van der Waals surface area contributed by atoms with Crippen LogP contribution < -0.4 is 10.1 Å². The number of thiophene rings is 1. The molecule has 0 aliphatic carbocycles. The van der Waals surface area contributed by atoms with E-state index in [1.54, 1.807) is 22.3 Å². The van der Waals surface area contributed by atoms with Crippen molar-refractivity contribution in [3.63, 3.8) is 0 Å². The zero-order valence-corrected chi connectivity index (χ0v) is 14.9. The first kappa shape index (κ1) is 16.6. The van der Waals surface area contributed by atoms with Gasteiger partial charge in [0.1, 0.15) is 6.61 Å². The van der Waals surface area contributed by atoms with Crippen molar-refractivity contribution in [2.24, 2.45) is 0 Å². The number of carbonyl (C=O) groups excluding carboxylic acids is 1. The van der Waals surface area contributed by atoms with Gasteiger partial charge in [0.05, 0.1) is 13.1 Å². The number of hydrogen-bond acceptors (Lipinski definition) is 4. The molecule has 5 nitrogen and oxygen atoms in total. The van der Waals surface area contributed by atoms with E-state index in [4.69, 9.17) is 4.74 Å². The molecule has 0 saturated carbocycles. The van der Waals surface area contributed by atoms with Crippen LogP contribution in [0.3, 0.4) is 0 Å². The smallest absolute Gasteiger partial charge is 0.318 e. The summed E-state index contributed by atoms with van der Waals surface area (Å²) in [7, 11) is 0. The van der Waals surface area contributed by atoms with E-state index in [-0.39, 0.29) is 17.8 Å². The van der Waals surface area contributed by atoms with Crippen LogP contribution in [0.25, 0.3) is 10.4 Å². The molecule has 2 heterocycles. The number of phenolic OH excluding ortho intramolecular Hbond substituents is 1. The Kier molecular flexibility index (Phi) is 4.66. The van der Waals surface area contributed by atoms with E-state index in [0.717, 1.165) is 16.0 Å². The third-order valence-electron chi connectivity index (χ3n) is 3.84. The minimum Gasteiger partial charge on any atom is -0.504 e. The molecule has 0 unspecified atom stereocenters. The van der Waals surface area contributed by atoms with Gasteiger partial charge in [-0.25, -0.2) is 4.79 Å². The van der Waals surface area contributed by atoms with E-state index < -0.39 is 0 Å². The number of urea groups is 1. The van der Waals surface area contributed by atoms with Crippen molar-refractivity contribution >= 4 is 17.4 Å². The molecule has 3 rings (SSSR count). The van der Waals surface area contributed by atoms with Crippen LogP contribution in [0, 0.1) is 6.92 Å². The van der Waals surface area contributed by atoms with Crippen molar-refractivity contribution in [1.29, 1.82) is 0 Å². The van der Waals surface area contributed by atoms with Crippen LogP contribution in [0.5, 0.6) is 11.5 Å². The molecule has 0 atom stereocenters. The first-order valence-corrected chi connectivity index (χ1v) is 8.86. The summed E-state index contributed by atoms with van der Waals surface area (Å²) in [6, 6.07) is 7.80. The predicted octanol–water partition coefficient (Wildman–Crippen LogP) is 3.74. The van der Waals surface area contributed by atoms with Gasteiger partial charge >= 0.3 is 6.03 Å². The highest BCUT2D eigenvalue weighted by atomic mass is 32.1. The SMILES string of the molecule is Cc1ccc(-c2cc(O)c3c(c2)CN(C(=O)NC(C)C)CCO3)s1. The number of benzene rings is 1. The molecule has 0 radical (unpaired) electrons.